The third-order valence-electron chi connectivity index (χ3n) is 4.70. The fourth-order valence-corrected chi connectivity index (χ4v) is 3.37. The molecule has 19 heavy (non-hydrogen) atoms. The Bertz CT molecular complexity index is 292. The molecule has 1 N–H and O–H groups in total. The fraction of sp³-hybridized carbons (Fsp3) is 1.00. The van der Waals surface area contributed by atoms with Gasteiger partial charge in [-0.15, -0.1) is 0 Å². The van der Waals surface area contributed by atoms with Crippen molar-refractivity contribution >= 4 is 8.32 Å². The Morgan fingerprint density at radius 3 is 2.16 bits per heavy atom. The second kappa shape index (κ2) is 5.84. The summed E-state index contributed by atoms with van der Waals surface area (Å²) in [6, 6.07) is 0. The first-order chi connectivity index (χ1) is 8.49. The van der Waals surface area contributed by atoms with Gasteiger partial charge in [0.15, 0.2) is 8.32 Å². The van der Waals surface area contributed by atoms with Gasteiger partial charge in [-0.1, -0.05) is 20.8 Å². The standard InChI is InChI=1S/C15H32O3Si/c1-12(17-5)10-13(11-15(16)8-9-15)18-19(6,7)14(2,3)4/h12-13,16H,8-11H2,1-7H3. The molecular formula is C15H32O3Si. The topological polar surface area (TPSA) is 38.7 Å². The van der Waals surface area contributed by atoms with Crippen LogP contribution in [-0.4, -0.2) is 38.3 Å². The van der Waals surface area contributed by atoms with Gasteiger partial charge in [-0.3, -0.25) is 0 Å². The SMILES string of the molecule is COC(C)CC(CC1(O)CC1)O[Si](C)(C)C(C)(C)C. The minimum Gasteiger partial charge on any atom is -0.414 e. The molecule has 1 aliphatic carbocycles. The van der Waals surface area contributed by atoms with Gasteiger partial charge in [0, 0.05) is 13.5 Å². The summed E-state index contributed by atoms with van der Waals surface area (Å²) in [6.45, 7) is 13.4. The van der Waals surface area contributed by atoms with Crippen molar-refractivity contribution in [1.82, 2.24) is 0 Å². The lowest BCUT2D eigenvalue weighted by atomic mass is 10.1. The lowest BCUT2D eigenvalue weighted by Crippen LogP contribution is -2.45. The van der Waals surface area contributed by atoms with Crippen molar-refractivity contribution < 1.29 is 14.3 Å². The van der Waals surface area contributed by atoms with E-state index in [4.69, 9.17) is 9.16 Å². The molecule has 0 bridgehead atoms. The van der Waals surface area contributed by atoms with Gasteiger partial charge in [0.05, 0.1) is 17.8 Å². The Kier molecular flexibility index (Phi) is 5.27. The number of rotatable bonds is 7. The summed E-state index contributed by atoms with van der Waals surface area (Å²) in [5, 5.41) is 10.4. The maximum Gasteiger partial charge on any atom is 0.192 e. The molecule has 4 heteroatoms. The summed E-state index contributed by atoms with van der Waals surface area (Å²) in [7, 11) is -0.0502. The number of hydrogen-bond donors (Lipinski definition) is 1. The van der Waals surface area contributed by atoms with Crippen LogP contribution in [0.4, 0.5) is 0 Å². The molecule has 1 rings (SSSR count). The average Bonchev–Trinajstić information content (AvgIpc) is 2.93. The predicted octanol–water partition coefficient (Wildman–Crippen LogP) is 3.72. The third kappa shape index (κ3) is 5.18. The molecule has 0 aromatic carbocycles. The zero-order valence-corrected chi connectivity index (χ0v) is 14.7. The first-order valence-corrected chi connectivity index (χ1v) is 10.3. The quantitative estimate of drug-likeness (QED) is 0.726. The molecule has 3 nitrogen and oxygen atoms in total. The maximum absolute atomic E-state index is 10.2. The van der Waals surface area contributed by atoms with Crippen molar-refractivity contribution in [1.29, 1.82) is 0 Å². The number of aliphatic hydroxyl groups is 1. The van der Waals surface area contributed by atoms with Crippen molar-refractivity contribution in [3.05, 3.63) is 0 Å². The highest BCUT2D eigenvalue weighted by atomic mass is 28.4. The Labute approximate surface area is 119 Å². The lowest BCUT2D eigenvalue weighted by Gasteiger charge is -2.40. The highest BCUT2D eigenvalue weighted by Gasteiger charge is 2.45. The molecule has 1 aliphatic rings. The van der Waals surface area contributed by atoms with Crippen LogP contribution in [0, 0.1) is 0 Å². The first-order valence-electron chi connectivity index (χ1n) is 7.42. The molecule has 0 heterocycles. The Morgan fingerprint density at radius 2 is 1.79 bits per heavy atom. The number of hydrogen-bond acceptors (Lipinski definition) is 3. The van der Waals surface area contributed by atoms with Crippen LogP contribution in [0.1, 0.15) is 53.4 Å². The van der Waals surface area contributed by atoms with Crippen LogP contribution in [0.2, 0.25) is 18.1 Å². The third-order valence-corrected chi connectivity index (χ3v) is 9.23. The molecule has 0 amide bonds. The molecule has 0 aliphatic heterocycles. The van der Waals surface area contributed by atoms with E-state index in [2.05, 4.69) is 40.8 Å². The summed E-state index contributed by atoms with van der Waals surface area (Å²) in [4.78, 5) is 0. The summed E-state index contributed by atoms with van der Waals surface area (Å²) >= 11 is 0. The molecule has 0 saturated heterocycles. The predicted molar refractivity (Wildman–Crippen MR) is 82.0 cm³/mol. The summed E-state index contributed by atoms with van der Waals surface area (Å²) < 4.78 is 11.9. The highest BCUT2D eigenvalue weighted by Crippen LogP contribution is 2.43. The zero-order chi connectivity index (χ0) is 14.9. The van der Waals surface area contributed by atoms with E-state index in [9.17, 15) is 5.11 Å². The van der Waals surface area contributed by atoms with Gasteiger partial charge in [-0.25, -0.2) is 0 Å². The van der Waals surface area contributed by atoms with E-state index in [0.717, 1.165) is 25.7 Å². The Morgan fingerprint density at radius 1 is 1.26 bits per heavy atom. The number of ether oxygens (including phenoxy) is 1. The van der Waals surface area contributed by atoms with Gasteiger partial charge in [-0.05, 0) is 44.3 Å². The lowest BCUT2D eigenvalue weighted by molar-refractivity contribution is 0.0255. The smallest absolute Gasteiger partial charge is 0.192 e. The summed E-state index contributed by atoms with van der Waals surface area (Å²) in [5.41, 5.74) is -0.458. The largest absolute Gasteiger partial charge is 0.414 e. The second-order valence-corrected chi connectivity index (χ2v) is 12.5. The van der Waals surface area contributed by atoms with Crippen LogP contribution in [-0.2, 0) is 9.16 Å². The summed E-state index contributed by atoms with van der Waals surface area (Å²) in [6.07, 6.45) is 3.76. The second-order valence-electron chi connectivity index (χ2n) is 7.71. The molecule has 0 aromatic heterocycles. The van der Waals surface area contributed by atoms with Crippen LogP contribution in [0.15, 0.2) is 0 Å². The average molecular weight is 289 g/mol. The van der Waals surface area contributed by atoms with Crippen LogP contribution >= 0.6 is 0 Å². The zero-order valence-electron chi connectivity index (χ0n) is 13.7. The molecule has 0 aromatic rings. The highest BCUT2D eigenvalue weighted by molar-refractivity contribution is 6.74. The molecule has 2 atom stereocenters. The van der Waals surface area contributed by atoms with E-state index in [1.807, 2.05) is 0 Å². The van der Waals surface area contributed by atoms with Gasteiger partial charge in [0.1, 0.15) is 0 Å². The van der Waals surface area contributed by atoms with E-state index < -0.39 is 13.9 Å². The van der Waals surface area contributed by atoms with Crippen LogP contribution in [0.5, 0.6) is 0 Å². The molecule has 1 saturated carbocycles. The molecular weight excluding hydrogens is 256 g/mol. The Hall–Kier alpha value is 0.0969. The van der Waals surface area contributed by atoms with Crippen LogP contribution < -0.4 is 0 Å². The maximum atomic E-state index is 10.2. The Balaban J connectivity index is 2.67. The van der Waals surface area contributed by atoms with E-state index in [-0.39, 0.29) is 17.2 Å². The van der Waals surface area contributed by atoms with Crippen molar-refractivity contribution in [2.24, 2.45) is 0 Å². The van der Waals surface area contributed by atoms with Gasteiger partial charge >= 0.3 is 0 Å². The molecule has 114 valence electrons. The molecule has 1 fully saturated rings. The molecule has 0 radical (unpaired) electrons. The normalized spacial score (nSPS) is 22.1. The minimum absolute atomic E-state index is 0.114. The van der Waals surface area contributed by atoms with E-state index >= 15 is 0 Å². The van der Waals surface area contributed by atoms with Gasteiger partial charge in [-0.2, -0.15) is 0 Å². The number of methoxy groups -OCH3 is 1. The van der Waals surface area contributed by atoms with Crippen LogP contribution in [0.25, 0.3) is 0 Å². The van der Waals surface area contributed by atoms with Crippen molar-refractivity contribution in [3.63, 3.8) is 0 Å². The fourth-order valence-electron chi connectivity index (χ4n) is 2.01. The van der Waals surface area contributed by atoms with Gasteiger partial charge in [0.25, 0.3) is 0 Å². The minimum atomic E-state index is -1.79. The van der Waals surface area contributed by atoms with Crippen molar-refractivity contribution in [2.75, 3.05) is 7.11 Å². The monoisotopic (exact) mass is 288 g/mol. The van der Waals surface area contributed by atoms with E-state index in [0.29, 0.717) is 0 Å². The van der Waals surface area contributed by atoms with E-state index in [1.165, 1.54) is 0 Å². The van der Waals surface area contributed by atoms with Gasteiger partial charge in [0.2, 0.25) is 0 Å². The summed E-state index contributed by atoms with van der Waals surface area (Å²) in [5.74, 6) is 0. The van der Waals surface area contributed by atoms with Crippen molar-refractivity contribution in [3.8, 4) is 0 Å². The first kappa shape index (κ1) is 17.1. The molecule has 2 unspecified atom stereocenters. The van der Waals surface area contributed by atoms with E-state index in [1.54, 1.807) is 7.11 Å². The van der Waals surface area contributed by atoms with Gasteiger partial charge < -0.3 is 14.3 Å². The van der Waals surface area contributed by atoms with Crippen molar-refractivity contribution in [2.45, 2.75) is 89.3 Å². The van der Waals surface area contributed by atoms with Crippen LogP contribution in [0.3, 0.4) is 0 Å². The molecule has 0 spiro atoms.